The summed E-state index contributed by atoms with van der Waals surface area (Å²) in [6.45, 7) is 6.04. The van der Waals surface area contributed by atoms with Gasteiger partial charge in [0.2, 0.25) is 5.91 Å². The molecule has 0 unspecified atom stereocenters. The molecule has 0 saturated heterocycles. The standard InChI is InChI=1S/C12H18N2O/c1-12(2,3)13-11(15)9-8-10(9)14-6-4-5-7-14/h4-7,9-10H,8H2,1-3H3,(H,13,15)/t9-,10-/m1/s1. The summed E-state index contributed by atoms with van der Waals surface area (Å²) in [4.78, 5) is 11.8. The van der Waals surface area contributed by atoms with Crippen molar-refractivity contribution in [1.82, 2.24) is 9.88 Å². The second kappa shape index (κ2) is 3.40. The lowest BCUT2D eigenvalue weighted by atomic mass is 10.1. The molecule has 1 N–H and O–H groups in total. The normalized spacial score (nSPS) is 25.0. The van der Waals surface area contributed by atoms with Crippen LogP contribution < -0.4 is 5.32 Å². The Morgan fingerprint density at radius 3 is 2.47 bits per heavy atom. The number of amides is 1. The summed E-state index contributed by atoms with van der Waals surface area (Å²) in [7, 11) is 0. The Bertz CT molecular complexity index is 348. The van der Waals surface area contributed by atoms with E-state index in [1.807, 2.05) is 45.3 Å². The van der Waals surface area contributed by atoms with E-state index < -0.39 is 0 Å². The largest absolute Gasteiger partial charge is 0.351 e. The first-order valence-electron chi connectivity index (χ1n) is 5.42. The minimum Gasteiger partial charge on any atom is -0.351 e. The molecule has 1 fully saturated rings. The maximum absolute atomic E-state index is 11.8. The number of carbonyl (C=O) groups is 1. The van der Waals surface area contributed by atoms with Crippen LogP contribution in [0.2, 0.25) is 0 Å². The number of nitrogens with zero attached hydrogens (tertiary/aromatic N) is 1. The zero-order chi connectivity index (χ0) is 11.1. The maximum atomic E-state index is 11.8. The van der Waals surface area contributed by atoms with Gasteiger partial charge in [0.1, 0.15) is 0 Å². The lowest BCUT2D eigenvalue weighted by Crippen LogP contribution is -2.41. The van der Waals surface area contributed by atoms with Crippen LogP contribution in [-0.4, -0.2) is 16.0 Å². The van der Waals surface area contributed by atoms with E-state index >= 15 is 0 Å². The summed E-state index contributed by atoms with van der Waals surface area (Å²) < 4.78 is 2.12. The van der Waals surface area contributed by atoms with Crippen LogP contribution in [-0.2, 0) is 4.79 Å². The molecule has 2 rings (SSSR count). The minimum atomic E-state index is -0.124. The minimum absolute atomic E-state index is 0.124. The van der Waals surface area contributed by atoms with Gasteiger partial charge in [-0.3, -0.25) is 4.79 Å². The van der Waals surface area contributed by atoms with Crippen LogP contribution in [0, 0.1) is 5.92 Å². The monoisotopic (exact) mass is 206 g/mol. The van der Waals surface area contributed by atoms with Crippen molar-refractivity contribution in [2.24, 2.45) is 5.92 Å². The van der Waals surface area contributed by atoms with Crippen LogP contribution in [0.1, 0.15) is 33.2 Å². The Morgan fingerprint density at radius 2 is 1.93 bits per heavy atom. The van der Waals surface area contributed by atoms with Crippen molar-refractivity contribution in [1.29, 1.82) is 0 Å². The van der Waals surface area contributed by atoms with E-state index in [1.165, 1.54) is 0 Å². The molecule has 82 valence electrons. The zero-order valence-corrected chi connectivity index (χ0v) is 9.53. The third-order valence-electron chi connectivity index (χ3n) is 2.60. The van der Waals surface area contributed by atoms with Gasteiger partial charge in [-0.25, -0.2) is 0 Å². The van der Waals surface area contributed by atoms with Crippen LogP contribution in [0.4, 0.5) is 0 Å². The molecule has 0 radical (unpaired) electrons. The van der Waals surface area contributed by atoms with Crippen molar-refractivity contribution in [3.05, 3.63) is 24.5 Å². The molecule has 1 amide bonds. The third-order valence-corrected chi connectivity index (χ3v) is 2.60. The summed E-state index contributed by atoms with van der Waals surface area (Å²) in [5, 5.41) is 3.02. The maximum Gasteiger partial charge on any atom is 0.225 e. The fourth-order valence-electron chi connectivity index (χ4n) is 1.82. The topological polar surface area (TPSA) is 34.0 Å². The van der Waals surface area contributed by atoms with Crippen LogP contribution in [0.3, 0.4) is 0 Å². The Morgan fingerprint density at radius 1 is 1.33 bits per heavy atom. The molecule has 0 aliphatic heterocycles. The molecule has 1 aromatic rings. The first kappa shape index (κ1) is 10.3. The SMILES string of the molecule is CC(C)(C)NC(=O)[C@@H]1C[C@H]1n1cccc1. The van der Waals surface area contributed by atoms with Gasteiger partial charge in [0.15, 0.2) is 0 Å². The molecule has 15 heavy (non-hydrogen) atoms. The fourth-order valence-corrected chi connectivity index (χ4v) is 1.82. The molecule has 3 nitrogen and oxygen atoms in total. The Labute approximate surface area is 90.5 Å². The van der Waals surface area contributed by atoms with Crippen LogP contribution in [0.5, 0.6) is 0 Å². The molecule has 2 atom stereocenters. The highest BCUT2D eigenvalue weighted by atomic mass is 16.2. The lowest BCUT2D eigenvalue weighted by molar-refractivity contribution is -0.123. The molecule has 0 aromatic carbocycles. The van der Waals surface area contributed by atoms with Gasteiger partial charge in [-0.05, 0) is 39.3 Å². The molecule has 1 heterocycles. The molecule has 1 aliphatic carbocycles. The zero-order valence-electron chi connectivity index (χ0n) is 9.53. The molecule has 0 spiro atoms. The number of rotatable bonds is 2. The molecule has 1 aromatic heterocycles. The third kappa shape index (κ3) is 2.41. The fraction of sp³-hybridized carbons (Fsp3) is 0.583. The van der Waals surface area contributed by atoms with Crippen molar-refractivity contribution in [3.63, 3.8) is 0 Å². The van der Waals surface area contributed by atoms with Crippen molar-refractivity contribution >= 4 is 5.91 Å². The summed E-state index contributed by atoms with van der Waals surface area (Å²) in [5.41, 5.74) is -0.124. The van der Waals surface area contributed by atoms with Gasteiger partial charge in [-0.1, -0.05) is 0 Å². The van der Waals surface area contributed by atoms with Crippen molar-refractivity contribution in [2.75, 3.05) is 0 Å². The van der Waals surface area contributed by atoms with E-state index in [1.54, 1.807) is 0 Å². The van der Waals surface area contributed by atoms with E-state index in [0.717, 1.165) is 6.42 Å². The summed E-state index contributed by atoms with van der Waals surface area (Å²) in [6.07, 6.45) is 5.01. The van der Waals surface area contributed by atoms with Crippen molar-refractivity contribution in [2.45, 2.75) is 38.8 Å². The average molecular weight is 206 g/mol. The Hall–Kier alpha value is -1.25. The smallest absolute Gasteiger partial charge is 0.225 e. The molecule has 1 saturated carbocycles. The van der Waals surface area contributed by atoms with E-state index in [-0.39, 0.29) is 17.4 Å². The molecule has 0 bridgehead atoms. The summed E-state index contributed by atoms with van der Waals surface area (Å²) in [5.74, 6) is 0.345. The Kier molecular flexibility index (Phi) is 2.33. The number of aromatic nitrogens is 1. The Balaban J connectivity index is 1.91. The predicted molar refractivity (Wildman–Crippen MR) is 59.5 cm³/mol. The van der Waals surface area contributed by atoms with E-state index in [0.29, 0.717) is 6.04 Å². The molecule has 1 aliphatic rings. The summed E-state index contributed by atoms with van der Waals surface area (Å²) >= 11 is 0. The quantitative estimate of drug-likeness (QED) is 0.788. The number of nitrogens with one attached hydrogen (secondary N) is 1. The second-order valence-corrected chi connectivity index (χ2v) is 5.28. The first-order chi connectivity index (χ1) is 6.97. The number of hydrogen-bond acceptors (Lipinski definition) is 1. The van der Waals surface area contributed by atoms with Gasteiger partial charge >= 0.3 is 0 Å². The summed E-state index contributed by atoms with van der Waals surface area (Å²) in [6, 6.07) is 4.37. The van der Waals surface area contributed by atoms with Gasteiger partial charge in [-0.15, -0.1) is 0 Å². The average Bonchev–Trinajstić information content (AvgIpc) is 2.71. The number of carbonyl (C=O) groups excluding carboxylic acids is 1. The van der Waals surface area contributed by atoms with E-state index in [4.69, 9.17) is 0 Å². The van der Waals surface area contributed by atoms with Crippen molar-refractivity contribution in [3.8, 4) is 0 Å². The van der Waals surface area contributed by atoms with Crippen LogP contribution in [0.25, 0.3) is 0 Å². The highest BCUT2D eigenvalue weighted by molar-refractivity contribution is 5.82. The van der Waals surface area contributed by atoms with Gasteiger partial charge in [0.05, 0.1) is 5.92 Å². The van der Waals surface area contributed by atoms with Crippen LogP contribution >= 0.6 is 0 Å². The van der Waals surface area contributed by atoms with E-state index in [2.05, 4.69) is 9.88 Å². The van der Waals surface area contributed by atoms with Gasteiger partial charge in [0.25, 0.3) is 0 Å². The lowest BCUT2D eigenvalue weighted by Gasteiger charge is -2.20. The van der Waals surface area contributed by atoms with E-state index in [9.17, 15) is 4.79 Å². The van der Waals surface area contributed by atoms with Gasteiger partial charge in [-0.2, -0.15) is 0 Å². The first-order valence-corrected chi connectivity index (χ1v) is 5.42. The van der Waals surface area contributed by atoms with Gasteiger partial charge in [0, 0.05) is 24.0 Å². The molecular formula is C12H18N2O. The van der Waals surface area contributed by atoms with Crippen molar-refractivity contribution < 1.29 is 4.79 Å². The highest BCUT2D eigenvalue weighted by Crippen LogP contribution is 2.43. The highest BCUT2D eigenvalue weighted by Gasteiger charge is 2.44. The van der Waals surface area contributed by atoms with Crippen LogP contribution in [0.15, 0.2) is 24.5 Å². The predicted octanol–water partition coefficient (Wildman–Crippen LogP) is 1.96. The molecular weight excluding hydrogens is 188 g/mol. The van der Waals surface area contributed by atoms with Gasteiger partial charge < -0.3 is 9.88 Å². The molecule has 3 heteroatoms. The number of hydrogen-bond donors (Lipinski definition) is 1. The second-order valence-electron chi connectivity index (χ2n) is 5.28.